The molecule has 0 radical (unpaired) electrons. The highest BCUT2D eigenvalue weighted by atomic mass is 16.2. The molecule has 35 heavy (non-hydrogen) atoms. The van der Waals surface area contributed by atoms with Crippen LogP contribution in [0.25, 0.3) is 55.7 Å². The maximum Gasteiger partial charge on any atom is 0.235 e. The van der Waals surface area contributed by atoms with Crippen molar-refractivity contribution in [3.63, 3.8) is 0 Å². The second-order valence-electron chi connectivity index (χ2n) is 9.15. The highest BCUT2D eigenvalue weighted by Crippen LogP contribution is 2.37. The summed E-state index contributed by atoms with van der Waals surface area (Å²) >= 11 is 0. The van der Waals surface area contributed by atoms with Crippen molar-refractivity contribution in [2.45, 2.75) is 6.42 Å². The lowest BCUT2D eigenvalue weighted by Crippen LogP contribution is -2.23. The first kappa shape index (κ1) is 18.6. The summed E-state index contributed by atoms with van der Waals surface area (Å²) in [5.74, 6) is -1.09. The van der Waals surface area contributed by atoms with Gasteiger partial charge in [-0.1, -0.05) is 36.4 Å². The fraction of sp³-hybridized carbons (Fsp3) is 0.0345. The van der Waals surface area contributed by atoms with Gasteiger partial charge in [-0.15, -0.1) is 0 Å². The number of H-pyrrole nitrogens is 2. The third kappa shape index (κ3) is 2.48. The van der Waals surface area contributed by atoms with Gasteiger partial charge in [-0.2, -0.15) is 0 Å². The van der Waals surface area contributed by atoms with Crippen molar-refractivity contribution < 1.29 is 9.59 Å². The summed E-state index contributed by atoms with van der Waals surface area (Å²) in [5.41, 5.74) is 8.96. The summed E-state index contributed by atoms with van der Waals surface area (Å²) in [6.45, 7) is 0. The number of para-hydroxylation sites is 2. The highest BCUT2D eigenvalue weighted by Gasteiger charge is 2.33. The number of nitrogens with zero attached hydrogens (tertiary/aromatic N) is 2. The number of pyridine rings is 2. The van der Waals surface area contributed by atoms with Gasteiger partial charge in [0.15, 0.2) is 0 Å². The molecule has 6 heteroatoms. The molecular weight excluding hydrogens is 436 g/mol. The number of benzene rings is 2. The predicted octanol–water partition coefficient (Wildman–Crippen LogP) is 5.72. The summed E-state index contributed by atoms with van der Waals surface area (Å²) < 4.78 is 0. The predicted molar refractivity (Wildman–Crippen MR) is 134 cm³/mol. The Morgan fingerprint density at radius 1 is 0.571 bits per heavy atom. The molecule has 164 valence electrons. The minimum Gasteiger partial charge on any atom is -0.358 e. The number of hydrogen-bond donors (Lipinski definition) is 2. The number of aromatic nitrogens is 4. The molecule has 8 rings (SSSR count). The van der Waals surface area contributed by atoms with Crippen molar-refractivity contribution in [2.24, 2.45) is 0 Å². The van der Waals surface area contributed by atoms with E-state index in [2.05, 4.69) is 34.2 Å². The Morgan fingerprint density at radius 3 is 1.54 bits per heavy atom. The Hall–Kier alpha value is -4.84. The Morgan fingerprint density at radius 2 is 1.06 bits per heavy atom. The first-order chi connectivity index (χ1) is 17.1. The van der Waals surface area contributed by atoms with Crippen molar-refractivity contribution in [3.05, 3.63) is 95.3 Å². The summed E-state index contributed by atoms with van der Waals surface area (Å²) in [5, 5.41) is 2.18. The van der Waals surface area contributed by atoms with Gasteiger partial charge in [-0.25, -0.2) is 9.97 Å². The van der Waals surface area contributed by atoms with Crippen LogP contribution >= 0.6 is 0 Å². The molecule has 0 fully saturated rings. The lowest BCUT2D eigenvalue weighted by molar-refractivity contribution is 0.0814. The van der Waals surface area contributed by atoms with Crippen LogP contribution in [0.1, 0.15) is 32.1 Å². The number of fused-ring (bicyclic) bond motifs is 6. The summed E-state index contributed by atoms with van der Waals surface area (Å²) in [6, 6.07) is 23.6. The van der Waals surface area contributed by atoms with Gasteiger partial charge in [0, 0.05) is 39.7 Å². The van der Waals surface area contributed by atoms with Crippen molar-refractivity contribution in [2.75, 3.05) is 0 Å². The van der Waals surface area contributed by atoms with Crippen LogP contribution in [0, 0.1) is 0 Å². The normalized spacial score (nSPS) is 13.7. The Balaban J connectivity index is 1.53. The maximum absolute atomic E-state index is 12.9. The molecular formula is C29H16N4O2. The van der Waals surface area contributed by atoms with Crippen molar-refractivity contribution in [1.29, 1.82) is 0 Å². The number of ketones is 2. The van der Waals surface area contributed by atoms with E-state index < -0.39 is 11.6 Å². The maximum atomic E-state index is 12.9. The number of nitrogens with one attached hydrogen (secondary N) is 2. The number of carbonyl (C=O) groups excluding carboxylic acids is 2. The second kappa shape index (κ2) is 6.39. The highest BCUT2D eigenvalue weighted by molar-refractivity contribution is 6.52. The van der Waals surface area contributed by atoms with Crippen LogP contribution in [0.3, 0.4) is 0 Å². The topological polar surface area (TPSA) is 91.5 Å². The zero-order chi connectivity index (χ0) is 23.3. The summed E-state index contributed by atoms with van der Waals surface area (Å²) in [4.78, 5) is 42.8. The molecule has 4 aromatic heterocycles. The molecule has 8 bridgehead atoms. The van der Waals surface area contributed by atoms with E-state index in [1.807, 2.05) is 36.4 Å². The standard InChI is InChI=1S/C29H16N4O2/c34-28-20-7-9-22-18-5-1-3-14-11-16(30-24(14)18)13-17-12-15-4-2-6-19(25(15)31-17)23-10-8-21(29(28)35)27(33-23)26(20)32-22/h1-12,30-31H,13H2. The van der Waals surface area contributed by atoms with Gasteiger partial charge < -0.3 is 9.97 Å². The molecule has 0 saturated carbocycles. The van der Waals surface area contributed by atoms with Gasteiger partial charge in [0.25, 0.3) is 0 Å². The molecule has 2 aromatic carbocycles. The molecule has 6 aromatic rings. The van der Waals surface area contributed by atoms with Crippen LogP contribution in [0.5, 0.6) is 0 Å². The summed E-state index contributed by atoms with van der Waals surface area (Å²) in [7, 11) is 0. The third-order valence-electron chi connectivity index (χ3n) is 7.07. The largest absolute Gasteiger partial charge is 0.358 e. The molecule has 0 spiro atoms. The van der Waals surface area contributed by atoms with Gasteiger partial charge in [-0.3, -0.25) is 9.59 Å². The van der Waals surface area contributed by atoms with Crippen molar-refractivity contribution >= 4 is 33.4 Å². The Labute approximate surface area is 198 Å². The average molecular weight is 452 g/mol. The number of Topliss-reactive ketones (excluding diaryl/α,β-unsaturated/α-hetero) is 2. The molecule has 6 nitrogen and oxygen atoms in total. The van der Waals surface area contributed by atoms with Gasteiger partial charge in [0.1, 0.15) is 11.4 Å². The Bertz CT molecular complexity index is 1790. The van der Waals surface area contributed by atoms with Crippen LogP contribution in [-0.4, -0.2) is 31.5 Å². The van der Waals surface area contributed by atoms with E-state index in [0.717, 1.165) is 62.1 Å². The second-order valence-corrected chi connectivity index (χ2v) is 9.15. The van der Waals surface area contributed by atoms with Crippen LogP contribution < -0.4 is 0 Å². The zero-order valence-electron chi connectivity index (χ0n) is 18.3. The fourth-order valence-corrected chi connectivity index (χ4v) is 5.44. The Kier molecular flexibility index (Phi) is 3.39. The molecule has 0 atom stereocenters. The van der Waals surface area contributed by atoms with Crippen LogP contribution in [0.4, 0.5) is 0 Å². The summed E-state index contributed by atoms with van der Waals surface area (Å²) in [6.07, 6.45) is 0.723. The van der Waals surface area contributed by atoms with Crippen LogP contribution in [-0.2, 0) is 6.42 Å². The molecule has 0 unspecified atom stereocenters. The lowest BCUT2D eigenvalue weighted by atomic mass is 9.89. The van der Waals surface area contributed by atoms with Gasteiger partial charge in [0.05, 0.1) is 33.5 Å². The number of hydrogen-bond acceptors (Lipinski definition) is 4. The monoisotopic (exact) mass is 452 g/mol. The van der Waals surface area contributed by atoms with Crippen LogP contribution in [0.2, 0.25) is 0 Å². The average Bonchev–Trinajstić information content (AvgIpc) is 3.49. The number of rotatable bonds is 0. The van der Waals surface area contributed by atoms with Crippen molar-refractivity contribution in [1.82, 2.24) is 19.9 Å². The first-order valence-corrected chi connectivity index (χ1v) is 11.5. The fourth-order valence-electron chi connectivity index (χ4n) is 5.44. The molecule has 1 aliphatic heterocycles. The van der Waals surface area contributed by atoms with E-state index in [0.29, 0.717) is 22.5 Å². The lowest BCUT2D eigenvalue weighted by Gasteiger charge is -2.18. The van der Waals surface area contributed by atoms with E-state index in [4.69, 9.17) is 9.97 Å². The van der Waals surface area contributed by atoms with Gasteiger partial charge in [0.2, 0.25) is 11.6 Å². The minimum atomic E-state index is -0.546. The van der Waals surface area contributed by atoms with E-state index in [-0.39, 0.29) is 0 Å². The number of carbonyl (C=O) groups is 2. The minimum absolute atomic E-state index is 0.292. The molecule has 2 aliphatic rings. The number of aromatic amines is 2. The van der Waals surface area contributed by atoms with Crippen molar-refractivity contribution in [3.8, 4) is 33.9 Å². The van der Waals surface area contributed by atoms with E-state index in [1.165, 1.54) is 0 Å². The van der Waals surface area contributed by atoms with Crippen LogP contribution in [0.15, 0.2) is 72.8 Å². The quantitative estimate of drug-likeness (QED) is 0.288. The van der Waals surface area contributed by atoms with E-state index in [1.54, 1.807) is 12.1 Å². The van der Waals surface area contributed by atoms with E-state index in [9.17, 15) is 9.59 Å². The third-order valence-corrected chi connectivity index (χ3v) is 7.07. The molecule has 0 amide bonds. The van der Waals surface area contributed by atoms with Gasteiger partial charge in [-0.05, 0) is 36.4 Å². The van der Waals surface area contributed by atoms with Gasteiger partial charge >= 0.3 is 0 Å². The van der Waals surface area contributed by atoms with E-state index >= 15 is 0 Å². The zero-order valence-corrected chi connectivity index (χ0v) is 18.3. The SMILES string of the molecule is O=C1C(=O)c2ccc3nc2-c2nc(ccc21)-c1cccc2cc([nH]c12)Cc1cc2cccc-3c2[nH]1. The smallest absolute Gasteiger partial charge is 0.235 e. The molecule has 1 aliphatic carbocycles. The molecule has 0 saturated heterocycles. The molecule has 5 heterocycles. The molecule has 2 N–H and O–H groups in total. The first-order valence-electron chi connectivity index (χ1n) is 11.5.